The number of nitrogens with two attached hydrogens (primary N) is 2. The molecule has 0 unspecified atom stereocenters. The molecule has 0 aliphatic rings. The topological polar surface area (TPSA) is 308 Å². The molecule has 1 aromatic heterocycles. The number of phenolic OH excluding ortho intramolecular Hbond substituents is 3. The summed E-state index contributed by atoms with van der Waals surface area (Å²) in [4.78, 5) is 22.4. The zero-order chi connectivity index (χ0) is 38.7. The Hall–Kier alpha value is -6.28. The van der Waals surface area contributed by atoms with Crippen LogP contribution in [0.3, 0.4) is 0 Å². The van der Waals surface area contributed by atoms with Crippen LogP contribution in [0.2, 0.25) is 0 Å². The number of hydrogen-bond acceptors (Lipinski definition) is 15. The second-order valence-electron chi connectivity index (χ2n) is 10.9. The third-order valence-corrected chi connectivity index (χ3v) is 9.04. The summed E-state index contributed by atoms with van der Waals surface area (Å²) in [5.74, 6) is -0.705. The van der Waals surface area contributed by atoms with E-state index in [0.717, 1.165) is 40.4 Å². The largest absolute Gasteiger partial charge is 1.00 e. The van der Waals surface area contributed by atoms with Crippen molar-refractivity contribution in [2.45, 2.75) is 16.7 Å². The second-order valence-corrected chi connectivity index (χ2v) is 14.0. The number of non-ortho nitro benzene ring substituents is 1. The molecule has 278 valence electrons. The Morgan fingerprint density at radius 2 is 1.39 bits per heavy atom. The molecule has 0 fully saturated rings. The fraction of sp³-hybridized carbons (Fsp3) is 0.0312. The Balaban J connectivity index is 0.000000289. The molecule has 0 atom stereocenters. The predicted octanol–water partition coefficient (Wildman–Crippen LogP) is 5.36. The predicted molar refractivity (Wildman–Crippen MR) is 191 cm³/mol. The second kappa shape index (κ2) is 16.2. The van der Waals surface area contributed by atoms with Gasteiger partial charge in [-0.3, -0.25) is 10.1 Å². The van der Waals surface area contributed by atoms with E-state index in [1.807, 2.05) is 12.1 Å². The molecule has 54 heavy (non-hydrogen) atoms. The van der Waals surface area contributed by atoms with Crippen LogP contribution in [0.4, 0.5) is 28.4 Å². The molecule has 0 radical (unpaired) electrons. The minimum atomic E-state index is -3.98. The van der Waals surface area contributed by atoms with Crippen molar-refractivity contribution in [3.8, 4) is 22.9 Å². The molecule has 0 saturated heterocycles. The van der Waals surface area contributed by atoms with Crippen LogP contribution in [-0.4, -0.2) is 46.9 Å². The SMILES string of the molecule is Cc1nn(-c2cccc(S(N)(=O)=O)c2)c(=O)[c-]1N=Nc1cc([N+](=O)[O-])ccc1O.NS(=O)(=O)c1ccc(O)c(N=Nc2c(O)ccc3ccccc23)c1.[Cr].[H+]. The molecule has 0 aliphatic heterocycles. The molecule has 5 aromatic carbocycles. The molecule has 22 heteroatoms. The van der Waals surface area contributed by atoms with Crippen molar-refractivity contribution in [2.75, 3.05) is 0 Å². The van der Waals surface area contributed by atoms with Gasteiger partial charge in [0.25, 0.3) is 5.69 Å². The molecule has 1 heterocycles. The number of aryl methyl sites for hydroxylation is 1. The van der Waals surface area contributed by atoms with Crippen LogP contribution in [0, 0.1) is 17.0 Å². The quantitative estimate of drug-likeness (QED) is 0.0564. The Bertz CT molecular complexity index is 2760. The third-order valence-electron chi connectivity index (χ3n) is 7.22. The van der Waals surface area contributed by atoms with Crippen LogP contribution in [0.25, 0.3) is 16.5 Å². The van der Waals surface area contributed by atoms with Gasteiger partial charge in [0.2, 0.25) is 20.0 Å². The van der Waals surface area contributed by atoms with Gasteiger partial charge in [0.15, 0.2) is 0 Å². The summed E-state index contributed by atoms with van der Waals surface area (Å²) in [5.41, 5.74) is -0.954. The van der Waals surface area contributed by atoms with Crippen molar-refractivity contribution in [3.63, 3.8) is 0 Å². The van der Waals surface area contributed by atoms with E-state index in [9.17, 15) is 47.1 Å². The first-order valence-electron chi connectivity index (χ1n) is 14.7. The van der Waals surface area contributed by atoms with Crippen LogP contribution in [0.15, 0.2) is 132 Å². The number of hydrogen-bond donors (Lipinski definition) is 5. The average Bonchev–Trinajstić information content (AvgIpc) is 3.39. The van der Waals surface area contributed by atoms with E-state index in [-0.39, 0.29) is 85.6 Å². The molecule has 6 rings (SSSR count). The third kappa shape index (κ3) is 9.20. The molecular formula is C32H27CrN9O10S2. The van der Waals surface area contributed by atoms with E-state index in [2.05, 4.69) is 25.6 Å². The average molecular weight is 814 g/mol. The number of fused-ring (bicyclic) bond motifs is 1. The summed E-state index contributed by atoms with van der Waals surface area (Å²) in [5, 5.41) is 71.4. The van der Waals surface area contributed by atoms with Gasteiger partial charge in [0.05, 0.1) is 20.4 Å². The Labute approximate surface area is 317 Å². The van der Waals surface area contributed by atoms with E-state index >= 15 is 0 Å². The summed E-state index contributed by atoms with van der Waals surface area (Å²) in [6.07, 6.45) is 0. The Kier molecular flexibility index (Phi) is 12.1. The van der Waals surface area contributed by atoms with Crippen LogP contribution >= 0.6 is 0 Å². The first-order valence-corrected chi connectivity index (χ1v) is 17.8. The summed E-state index contributed by atoms with van der Waals surface area (Å²) in [6.45, 7) is 1.48. The minimum absolute atomic E-state index is 0. The van der Waals surface area contributed by atoms with Crippen LogP contribution < -0.4 is 15.8 Å². The number of benzene rings is 5. The summed E-state index contributed by atoms with van der Waals surface area (Å²) in [6, 6.07) is 22.4. The number of rotatable bonds is 8. The van der Waals surface area contributed by atoms with Crippen molar-refractivity contribution in [3.05, 3.63) is 123 Å². The molecule has 0 spiro atoms. The maximum atomic E-state index is 12.6. The van der Waals surface area contributed by atoms with Gasteiger partial charge >= 0.3 is 1.43 Å². The summed E-state index contributed by atoms with van der Waals surface area (Å²) in [7, 11) is -7.91. The number of nitro benzene ring substituents is 1. The molecule has 0 saturated carbocycles. The number of aromatic hydroxyl groups is 3. The maximum Gasteiger partial charge on any atom is 1.00 e. The van der Waals surface area contributed by atoms with Gasteiger partial charge in [-0.2, -0.15) is 5.11 Å². The van der Waals surface area contributed by atoms with Gasteiger partial charge in [-0.05, 0) is 53.9 Å². The number of primary sulfonamides is 2. The Morgan fingerprint density at radius 1 is 0.778 bits per heavy atom. The van der Waals surface area contributed by atoms with Gasteiger partial charge in [-0.25, -0.2) is 36.9 Å². The fourth-order valence-corrected chi connectivity index (χ4v) is 5.69. The first kappa shape index (κ1) is 40.5. The molecule has 0 amide bonds. The van der Waals surface area contributed by atoms with Crippen molar-refractivity contribution < 1.29 is 55.9 Å². The first-order chi connectivity index (χ1) is 24.9. The normalized spacial score (nSPS) is 11.7. The van der Waals surface area contributed by atoms with E-state index < -0.39 is 30.5 Å². The number of aromatic nitrogens is 2. The number of nitro groups is 1. The number of nitrogens with zero attached hydrogens (tertiary/aromatic N) is 7. The maximum absolute atomic E-state index is 12.6. The summed E-state index contributed by atoms with van der Waals surface area (Å²) >= 11 is 0. The van der Waals surface area contributed by atoms with Crippen molar-refractivity contribution >= 4 is 59.3 Å². The van der Waals surface area contributed by atoms with E-state index in [1.54, 1.807) is 18.2 Å². The van der Waals surface area contributed by atoms with E-state index in [0.29, 0.717) is 5.39 Å². The molecule has 7 N–H and O–H groups in total. The Morgan fingerprint density at radius 3 is 2.06 bits per heavy atom. The van der Waals surface area contributed by atoms with Gasteiger partial charge in [0.1, 0.15) is 39.9 Å². The molecule has 0 aliphatic carbocycles. The zero-order valence-corrected chi connectivity index (χ0v) is 30.4. The fourth-order valence-electron chi connectivity index (χ4n) is 4.60. The van der Waals surface area contributed by atoms with Gasteiger partial charge < -0.3 is 25.2 Å². The van der Waals surface area contributed by atoms with Crippen LogP contribution in [0.5, 0.6) is 17.2 Å². The number of phenols is 3. The van der Waals surface area contributed by atoms with Gasteiger partial charge in [-0.15, -0.1) is 15.9 Å². The minimum Gasteiger partial charge on any atom is -0.506 e. The van der Waals surface area contributed by atoms with Crippen LogP contribution in [-0.2, 0) is 37.4 Å². The molecule has 19 nitrogen and oxygen atoms in total. The van der Waals surface area contributed by atoms with E-state index in [4.69, 9.17) is 10.3 Å². The monoisotopic (exact) mass is 813 g/mol. The zero-order valence-electron chi connectivity index (χ0n) is 28.4. The van der Waals surface area contributed by atoms with Crippen molar-refractivity contribution in [1.29, 1.82) is 0 Å². The van der Waals surface area contributed by atoms with Gasteiger partial charge in [-0.1, -0.05) is 49.0 Å². The molecular weight excluding hydrogens is 787 g/mol. The van der Waals surface area contributed by atoms with Gasteiger partial charge in [0, 0.05) is 34.9 Å². The number of azo groups is 2. The van der Waals surface area contributed by atoms with Crippen molar-refractivity contribution in [1.82, 2.24) is 9.78 Å². The summed E-state index contributed by atoms with van der Waals surface area (Å²) < 4.78 is 46.7. The van der Waals surface area contributed by atoms with Crippen LogP contribution in [0.1, 0.15) is 7.12 Å². The smallest absolute Gasteiger partial charge is 0.506 e. The molecule has 0 bridgehead atoms. The number of sulfonamides is 2. The molecule has 6 aromatic rings. The standard InChI is InChI=1S/C16H13N6O6S.C16H13N3O4S.Cr/c1-9-15(19-18-13-8-11(22(25)26)5-6-14(13)23)16(24)21(20-9)10-3-2-4-12(7-10)29(17,27)28;17-24(22,23)11-6-8-14(20)13(9-11)18-19-16-12-4-2-1-3-10(12)5-7-15(16)21;/h2-8,23H,1H3,(H2,17,27,28);1-9,20-21H,(H2,17,22,23);/q-1;;/p+1. The van der Waals surface area contributed by atoms with Crippen molar-refractivity contribution in [2.24, 2.45) is 30.7 Å². The van der Waals surface area contributed by atoms with E-state index in [1.165, 1.54) is 43.3 Å².